The van der Waals surface area contributed by atoms with Crippen LogP contribution in [0.4, 0.5) is 0 Å². The molecule has 6 nitrogen and oxygen atoms in total. The van der Waals surface area contributed by atoms with Gasteiger partial charge in [0.1, 0.15) is 12.4 Å². The Kier molecular flexibility index (Phi) is 2.72. The predicted octanol–water partition coefficient (Wildman–Crippen LogP) is 0.799. The predicted molar refractivity (Wildman–Crippen MR) is 52.5 cm³/mol. The number of carbonyl (C=O) groups is 1. The van der Waals surface area contributed by atoms with Gasteiger partial charge in [-0.3, -0.25) is 4.79 Å². The quantitative estimate of drug-likeness (QED) is 0.830. The van der Waals surface area contributed by atoms with Crippen molar-refractivity contribution in [1.29, 1.82) is 0 Å². The molecule has 0 aliphatic heterocycles. The van der Waals surface area contributed by atoms with E-state index in [2.05, 4.69) is 15.5 Å². The molecule has 0 saturated carbocycles. The second-order valence-corrected chi connectivity index (χ2v) is 3.90. The van der Waals surface area contributed by atoms with Crippen LogP contribution in [0.3, 0.4) is 0 Å². The average molecular weight is 224 g/mol. The lowest BCUT2D eigenvalue weighted by Gasteiger charge is -2.11. The van der Waals surface area contributed by atoms with E-state index in [-0.39, 0.29) is 12.5 Å². The highest BCUT2D eigenvalue weighted by molar-refractivity contribution is 7.10. The number of carboxylic acids is 1. The Labute approximate surface area is 89.2 Å². The number of tetrazole rings is 1. The van der Waals surface area contributed by atoms with E-state index in [0.29, 0.717) is 0 Å². The second-order valence-electron chi connectivity index (χ2n) is 2.92. The van der Waals surface area contributed by atoms with E-state index in [1.54, 1.807) is 0 Å². The summed E-state index contributed by atoms with van der Waals surface area (Å²) in [4.78, 5) is 11.7. The summed E-state index contributed by atoms with van der Waals surface area (Å²) in [5.41, 5.74) is 0. The Morgan fingerprint density at radius 3 is 3.07 bits per heavy atom. The van der Waals surface area contributed by atoms with E-state index in [9.17, 15) is 4.79 Å². The molecule has 1 N–H and O–H groups in total. The number of nitrogens with zero attached hydrogens (tertiary/aromatic N) is 4. The zero-order chi connectivity index (χ0) is 10.7. The molecule has 0 spiro atoms. The maximum absolute atomic E-state index is 10.7. The normalized spacial score (nSPS) is 12.5. The minimum Gasteiger partial charge on any atom is -0.481 e. The lowest BCUT2D eigenvalue weighted by atomic mass is 10.2. The van der Waals surface area contributed by atoms with Gasteiger partial charge in [0.15, 0.2) is 0 Å². The third-order valence-corrected chi connectivity index (χ3v) is 2.90. The van der Waals surface area contributed by atoms with Crippen LogP contribution in [0.25, 0.3) is 0 Å². The van der Waals surface area contributed by atoms with Crippen molar-refractivity contribution >= 4 is 17.3 Å². The van der Waals surface area contributed by atoms with Gasteiger partial charge in [-0.25, -0.2) is 4.68 Å². The fourth-order valence-electron chi connectivity index (χ4n) is 1.28. The molecule has 0 bridgehead atoms. The smallest absolute Gasteiger partial charge is 0.305 e. The first kappa shape index (κ1) is 9.78. The fourth-order valence-corrected chi connectivity index (χ4v) is 2.10. The number of aliphatic carboxylic acids is 1. The summed E-state index contributed by atoms with van der Waals surface area (Å²) in [6.07, 6.45) is 1.40. The minimum absolute atomic E-state index is 0.0223. The Bertz CT molecular complexity index is 391. The van der Waals surface area contributed by atoms with Crippen molar-refractivity contribution < 1.29 is 9.90 Å². The van der Waals surface area contributed by atoms with Crippen molar-refractivity contribution in [2.24, 2.45) is 0 Å². The van der Waals surface area contributed by atoms with Crippen LogP contribution in [-0.4, -0.2) is 31.3 Å². The monoisotopic (exact) mass is 224 g/mol. The third kappa shape index (κ3) is 2.18. The van der Waals surface area contributed by atoms with Crippen molar-refractivity contribution in [2.75, 3.05) is 0 Å². The van der Waals surface area contributed by atoms with E-state index in [1.165, 1.54) is 22.3 Å². The Balaban J connectivity index is 2.29. The number of carboxylic acid groups (broad SMARTS) is 1. The summed E-state index contributed by atoms with van der Waals surface area (Å²) < 4.78 is 1.46. The molecule has 0 radical (unpaired) electrons. The lowest BCUT2D eigenvalue weighted by molar-refractivity contribution is -0.137. The maximum atomic E-state index is 10.7. The maximum Gasteiger partial charge on any atom is 0.305 e. The summed E-state index contributed by atoms with van der Waals surface area (Å²) in [5.74, 6) is -0.871. The van der Waals surface area contributed by atoms with Crippen LogP contribution in [0.15, 0.2) is 23.8 Å². The molecular weight excluding hydrogens is 216 g/mol. The van der Waals surface area contributed by atoms with Crippen molar-refractivity contribution in [2.45, 2.75) is 12.5 Å². The van der Waals surface area contributed by atoms with E-state index < -0.39 is 5.97 Å². The highest BCUT2D eigenvalue weighted by Gasteiger charge is 2.19. The molecule has 2 rings (SSSR count). The highest BCUT2D eigenvalue weighted by atomic mass is 32.1. The fraction of sp³-hybridized carbons (Fsp3) is 0.250. The number of rotatable bonds is 4. The van der Waals surface area contributed by atoms with Gasteiger partial charge in [-0.05, 0) is 21.9 Å². The van der Waals surface area contributed by atoms with Crippen molar-refractivity contribution in [3.8, 4) is 0 Å². The van der Waals surface area contributed by atoms with Gasteiger partial charge in [-0.1, -0.05) is 6.07 Å². The first-order valence-electron chi connectivity index (χ1n) is 4.25. The molecule has 0 fully saturated rings. The van der Waals surface area contributed by atoms with Crippen LogP contribution < -0.4 is 0 Å². The molecule has 7 heteroatoms. The largest absolute Gasteiger partial charge is 0.481 e. The zero-order valence-electron chi connectivity index (χ0n) is 7.65. The molecule has 2 aromatic heterocycles. The molecule has 2 aromatic rings. The molecule has 0 aliphatic rings. The van der Waals surface area contributed by atoms with Gasteiger partial charge in [0, 0.05) is 4.88 Å². The van der Waals surface area contributed by atoms with Gasteiger partial charge in [-0.15, -0.1) is 16.4 Å². The van der Waals surface area contributed by atoms with Crippen LogP contribution >= 0.6 is 11.3 Å². The summed E-state index contributed by atoms with van der Waals surface area (Å²) >= 11 is 1.49. The van der Waals surface area contributed by atoms with E-state index in [0.717, 1.165) is 4.88 Å². The van der Waals surface area contributed by atoms with E-state index in [1.807, 2.05) is 17.5 Å². The standard InChI is InChI=1S/C8H8N4O2S/c13-8(14)4-6(7-2-1-3-15-7)12-5-9-10-11-12/h1-3,5-6H,4H2,(H,13,14)/t6-/m1/s1. The molecule has 0 amide bonds. The van der Waals surface area contributed by atoms with Gasteiger partial charge in [-0.2, -0.15) is 0 Å². The number of thiophene rings is 1. The van der Waals surface area contributed by atoms with Crippen LogP contribution in [0.2, 0.25) is 0 Å². The first-order valence-corrected chi connectivity index (χ1v) is 5.13. The van der Waals surface area contributed by atoms with Crippen molar-refractivity contribution in [3.63, 3.8) is 0 Å². The van der Waals surface area contributed by atoms with Crippen LogP contribution in [0.5, 0.6) is 0 Å². The van der Waals surface area contributed by atoms with Gasteiger partial charge < -0.3 is 5.11 Å². The van der Waals surface area contributed by atoms with Gasteiger partial charge in [0.05, 0.1) is 6.42 Å². The lowest BCUT2D eigenvalue weighted by Crippen LogP contribution is -2.14. The number of aromatic nitrogens is 4. The van der Waals surface area contributed by atoms with Gasteiger partial charge in [0.2, 0.25) is 0 Å². The molecule has 15 heavy (non-hydrogen) atoms. The Morgan fingerprint density at radius 2 is 2.53 bits per heavy atom. The molecule has 2 heterocycles. The topological polar surface area (TPSA) is 80.9 Å². The number of hydrogen-bond donors (Lipinski definition) is 1. The average Bonchev–Trinajstić information content (AvgIpc) is 2.87. The second kappa shape index (κ2) is 4.18. The Morgan fingerprint density at radius 1 is 1.67 bits per heavy atom. The highest BCUT2D eigenvalue weighted by Crippen LogP contribution is 2.24. The van der Waals surface area contributed by atoms with E-state index in [4.69, 9.17) is 5.11 Å². The first-order chi connectivity index (χ1) is 7.27. The van der Waals surface area contributed by atoms with Crippen LogP contribution in [0, 0.1) is 0 Å². The third-order valence-electron chi connectivity index (χ3n) is 1.92. The summed E-state index contributed by atoms with van der Waals surface area (Å²) in [6.45, 7) is 0. The molecule has 0 aliphatic carbocycles. The summed E-state index contributed by atoms with van der Waals surface area (Å²) in [6, 6.07) is 3.43. The van der Waals surface area contributed by atoms with Crippen molar-refractivity contribution in [1.82, 2.24) is 20.2 Å². The van der Waals surface area contributed by atoms with Gasteiger partial charge in [0.25, 0.3) is 0 Å². The number of hydrogen-bond acceptors (Lipinski definition) is 5. The van der Waals surface area contributed by atoms with E-state index >= 15 is 0 Å². The molecule has 1 atom stereocenters. The van der Waals surface area contributed by atoms with Crippen LogP contribution in [0.1, 0.15) is 17.3 Å². The molecule has 0 unspecified atom stereocenters. The van der Waals surface area contributed by atoms with Crippen molar-refractivity contribution in [3.05, 3.63) is 28.7 Å². The molecule has 0 saturated heterocycles. The molecular formula is C8H8N4O2S. The molecule has 78 valence electrons. The summed E-state index contributed by atoms with van der Waals surface area (Å²) in [5, 5.41) is 21.4. The molecule has 0 aromatic carbocycles. The van der Waals surface area contributed by atoms with Crippen LogP contribution in [-0.2, 0) is 4.79 Å². The zero-order valence-corrected chi connectivity index (χ0v) is 8.46. The SMILES string of the molecule is O=C(O)C[C@H](c1cccs1)n1cnnn1. The minimum atomic E-state index is -0.871. The summed E-state index contributed by atoms with van der Waals surface area (Å²) in [7, 11) is 0. The van der Waals surface area contributed by atoms with Gasteiger partial charge >= 0.3 is 5.97 Å². The Hall–Kier alpha value is -1.76.